The van der Waals surface area contributed by atoms with Crippen LogP contribution in [0.2, 0.25) is 0 Å². The smallest absolute Gasteiger partial charge is 0.308 e. The van der Waals surface area contributed by atoms with Crippen LogP contribution in [-0.4, -0.2) is 96.6 Å². The number of amides is 2. The summed E-state index contributed by atoms with van der Waals surface area (Å²) in [6.07, 6.45) is 4.96. The van der Waals surface area contributed by atoms with Crippen LogP contribution in [0.15, 0.2) is 18.2 Å². The Balaban J connectivity index is 1.85. The highest BCUT2D eigenvalue weighted by Gasteiger charge is 2.47. The largest absolute Gasteiger partial charge is 0.493 e. The number of carbonyl (C=O) groups excluding carboxylic acids is 2. The van der Waals surface area contributed by atoms with Gasteiger partial charge in [-0.3, -0.25) is 19.3 Å². The van der Waals surface area contributed by atoms with Gasteiger partial charge in [0.2, 0.25) is 11.8 Å². The zero-order valence-electron chi connectivity index (χ0n) is 22.7. The number of carboxylic acids is 1. The molecule has 1 unspecified atom stereocenters. The van der Waals surface area contributed by atoms with E-state index in [2.05, 4.69) is 13.0 Å². The van der Waals surface area contributed by atoms with Crippen molar-refractivity contribution in [1.82, 2.24) is 14.7 Å². The summed E-state index contributed by atoms with van der Waals surface area (Å²) in [5.74, 6) is -0.946. The molecule has 1 aromatic rings. The molecule has 1 aromatic carbocycles. The van der Waals surface area contributed by atoms with Crippen LogP contribution in [0.3, 0.4) is 0 Å². The number of carboxylic acid groups (broad SMARTS) is 1. The van der Waals surface area contributed by atoms with Gasteiger partial charge in [-0.1, -0.05) is 25.5 Å². The second kappa shape index (κ2) is 13.8. The lowest BCUT2D eigenvalue weighted by molar-refractivity contribution is -0.144. The third-order valence-electron chi connectivity index (χ3n) is 7.83. The van der Waals surface area contributed by atoms with Crippen molar-refractivity contribution in [2.24, 2.45) is 11.7 Å². The quantitative estimate of drug-likeness (QED) is 0.365. The zero-order chi connectivity index (χ0) is 26.9. The van der Waals surface area contributed by atoms with Crippen LogP contribution in [0.1, 0.15) is 63.0 Å². The van der Waals surface area contributed by atoms with Crippen LogP contribution in [0.5, 0.6) is 5.75 Å². The van der Waals surface area contributed by atoms with Gasteiger partial charge in [-0.2, -0.15) is 0 Å². The highest BCUT2D eigenvalue weighted by molar-refractivity contribution is 5.79. The van der Waals surface area contributed by atoms with E-state index in [-0.39, 0.29) is 30.3 Å². The van der Waals surface area contributed by atoms with Crippen molar-refractivity contribution in [2.75, 3.05) is 52.9 Å². The van der Waals surface area contributed by atoms with Crippen LogP contribution in [0.25, 0.3) is 0 Å². The van der Waals surface area contributed by atoms with Gasteiger partial charge < -0.3 is 25.4 Å². The standard InChI is InChI=1S/C28H44N4O5/c1-4-5-13-31(14-7-6-12-29)26(34)19-32-18-23(21-8-9-25-22(17-21)11-16-37-25)27(28(35)36)24(32)10-15-30(3)20(2)33/h8-9,17,23-24,27H,4-7,10-16,18-19,29H2,1-3H3,(H,35,36)/t23-,24+,27?/m1/s1. The second-order valence-corrected chi connectivity index (χ2v) is 10.4. The number of unbranched alkanes of at least 4 members (excludes halogenated alkanes) is 2. The highest BCUT2D eigenvalue weighted by Crippen LogP contribution is 2.41. The van der Waals surface area contributed by atoms with E-state index in [1.54, 1.807) is 11.9 Å². The first kappa shape index (κ1) is 28.9. The second-order valence-electron chi connectivity index (χ2n) is 10.4. The molecule has 1 fully saturated rings. The van der Waals surface area contributed by atoms with Gasteiger partial charge in [-0.15, -0.1) is 0 Å². The van der Waals surface area contributed by atoms with Crippen LogP contribution in [-0.2, 0) is 20.8 Å². The first-order chi connectivity index (χ1) is 17.8. The van der Waals surface area contributed by atoms with Gasteiger partial charge in [0.25, 0.3) is 0 Å². The molecule has 0 saturated carbocycles. The Bertz CT molecular complexity index is 939. The van der Waals surface area contributed by atoms with Crippen molar-refractivity contribution < 1.29 is 24.2 Å². The Morgan fingerprint density at radius 1 is 1.16 bits per heavy atom. The normalized spacial score (nSPS) is 20.9. The molecule has 0 spiro atoms. The summed E-state index contributed by atoms with van der Waals surface area (Å²) in [6.45, 7) is 7.32. The summed E-state index contributed by atoms with van der Waals surface area (Å²) in [5, 5.41) is 10.4. The average Bonchev–Trinajstić information content (AvgIpc) is 3.48. The van der Waals surface area contributed by atoms with Gasteiger partial charge in [0.1, 0.15) is 5.75 Å². The van der Waals surface area contributed by atoms with Gasteiger partial charge in [-0.25, -0.2) is 0 Å². The molecule has 0 radical (unpaired) electrons. The fraction of sp³-hybridized carbons (Fsp3) is 0.679. The fourth-order valence-electron chi connectivity index (χ4n) is 5.54. The molecule has 2 aliphatic rings. The minimum absolute atomic E-state index is 0.0301. The first-order valence-electron chi connectivity index (χ1n) is 13.7. The molecule has 3 N–H and O–H groups in total. The van der Waals surface area contributed by atoms with E-state index in [9.17, 15) is 19.5 Å². The van der Waals surface area contributed by atoms with Crippen molar-refractivity contribution in [3.05, 3.63) is 29.3 Å². The number of hydrogen-bond donors (Lipinski definition) is 2. The monoisotopic (exact) mass is 516 g/mol. The molecular formula is C28H44N4O5. The molecule has 0 bridgehead atoms. The van der Waals surface area contributed by atoms with Gasteiger partial charge in [-0.05, 0) is 49.4 Å². The van der Waals surface area contributed by atoms with Gasteiger partial charge in [0.15, 0.2) is 0 Å². The number of aliphatic carboxylic acids is 1. The number of likely N-dealkylation sites (tertiary alicyclic amines) is 1. The fourth-order valence-corrected chi connectivity index (χ4v) is 5.54. The molecule has 3 rings (SSSR count). The lowest BCUT2D eigenvalue weighted by Gasteiger charge is -2.30. The zero-order valence-corrected chi connectivity index (χ0v) is 22.7. The predicted molar refractivity (Wildman–Crippen MR) is 143 cm³/mol. The number of nitrogens with two attached hydrogens (primary N) is 1. The van der Waals surface area contributed by atoms with Crippen molar-refractivity contribution in [3.63, 3.8) is 0 Å². The van der Waals surface area contributed by atoms with Crippen molar-refractivity contribution in [2.45, 2.75) is 64.3 Å². The summed E-state index contributed by atoms with van der Waals surface area (Å²) in [5.41, 5.74) is 7.75. The molecule has 0 aliphatic carbocycles. The highest BCUT2D eigenvalue weighted by atomic mass is 16.5. The third kappa shape index (κ3) is 7.45. The number of rotatable bonds is 14. The van der Waals surface area contributed by atoms with Crippen LogP contribution in [0.4, 0.5) is 0 Å². The Kier molecular flexibility index (Phi) is 10.8. The Hall–Kier alpha value is -2.65. The lowest BCUT2D eigenvalue weighted by atomic mass is 9.83. The minimum atomic E-state index is -0.863. The molecule has 0 aromatic heterocycles. The summed E-state index contributed by atoms with van der Waals surface area (Å²) in [6, 6.07) is 5.63. The third-order valence-corrected chi connectivity index (χ3v) is 7.83. The van der Waals surface area contributed by atoms with Gasteiger partial charge in [0, 0.05) is 58.5 Å². The molecule has 2 aliphatic heterocycles. The predicted octanol–water partition coefficient (Wildman–Crippen LogP) is 2.33. The Morgan fingerprint density at radius 2 is 1.92 bits per heavy atom. The lowest BCUT2D eigenvalue weighted by Crippen LogP contribution is -2.45. The van der Waals surface area contributed by atoms with Crippen molar-refractivity contribution in [1.29, 1.82) is 0 Å². The minimum Gasteiger partial charge on any atom is -0.493 e. The Labute approximate surface area is 220 Å². The molecule has 2 amide bonds. The number of carbonyl (C=O) groups is 3. The van der Waals surface area contributed by atoms with E-state index in [1.807, 2.05) is 21.9 Å². The molecule has 37 heavy (non-hydrogen) atoms. The number of fused-ring (bicyclic) bond motifs is 1. The van der Waals surface area contributed by atoms with E-state index in [0.717, 1.165) is 49.0 Å². The maximum absolute atomic E-state index is 13.5. The average molecular weight is 517 g/mol. The van der Waals surface area contributed by atoms with E-state index in [4.69, 9.17) is 10.5 Å². The summed E-state index contributed by atoms with van der Waals surface area (Å²) in [4.78, 5) is 43.6. The van der Waals surface area contributed by atoms with Gasteiger partial charge in [0.05, 0.1) is 19.1 Å². The van der Waals surface area contributed by atoms with Crippen LogP contribution < -0.4 is 10.5 Å². The molecular weight excluding hydrogens is 472 g/mol. The molecule has 1 saturated heterocycles. The number of hydrogen-bond acceptors (Lipinski definition) is 6. The van der Waals surface area contributed by atoms with E-state index in [1.165, 1.54) is 6.92 Å². The number of ether oxygens (including phenoxy) is 1. The van der Waals surface area contributed by atoms with Gasteiger partial charge >= 0.3 is 5.97 Å². The Morgan fingerprint density at radius 3 is 2.59 bits per heavy atom. The summed E-state index contributed by atoms with van der Waals surface area (Å²) >= 11 is 0. The van der Waals surface area contributed by atoms with Crippen molar-refractivity contribution >= 4 is 17.8 Å². The number of nitrogens with zero attached hydrogens (tertiary/aromatic N) is 3. The molecule has 206 valence electrons. The SMILES string of the molecule is CCCCN(CCCCN)C(=O)CN1C[C@H](c2ccc3c(c2)CCO3)C(C(=O)O)[C@@H]1CCN(C)C(C)=O. The molecule has 9 nitrogen and oxygen atoms in total. The number of benzene rings is 1. The van der Waals surface area contributed by atoms with E-state index < -0.39 is 11.9 Å². The molecule has 9 heteroatoms. The van der Waals surface area contributed by atoms with E-state index >= 15 is 0 Å². The molecule has 3 atom stereocenters. The van der Waals surface area contributed by atoms with Crippen LogP contribution in [0, 0.1) is 5.92 Å². The first-order valence-corrected chi connectivity index (χ1v) is 13.7. The summed E-state index contributed by atoms with van der Waals surface area (Å²) < 4.78 is 5.65. The van der Waals surface area contributed by atoms with Crippen LogP contribution >= 0.6 is 0 Å². The van der Waals surface area contributed by atoms with Crippen molar-refractivity contribution in [3.8, 4) is 5.75 Å². The summed E-state index contributed by atoms with van der Waals surface area (Å²) in [7, 11) is 1.73. The maximum Gasteiger partial charge on any atom is 0.308 e. The molecule has 2 heterocycles. The topological polar surface area (TPSA) is 116 Å². The van der Waals surface area contributed by atoms with E-state index in [0.29, 0.717) is 45.8 Å². The maximum atomic E-state index is 13.5.